The van der Waals surface area contributed by atoms with Gasteiger partial charge in [0.15, 0.2) is 0 Å². The number of hydrogen-bond donors (Lipinski definition) is 3. The summed E-state index contributed by atoms with van der Waals surface area (Å²) < 4.78 is 1.80. The molecule has 1 aromatic heterocycles. The van der Waals surface area contributed by atoms with Gasteiger partial charge in [-0.05, 0) is 56.9 Å². The Kier molecular flexibility index (Phi) is 6.46. The number of aliphatic hydroxyl groups is 1. The zero-order valence-electron chi connectivity index (χ0n) is 16.3. The number of aromatic nitrogens is 2. The monoisotopic (exact) mass is 384 g/mol. The van der Waals surface area contributed by atoms with Gasteiger partial charge < -0.3 is 15.7 Å². The van der Waals surface area contributed by atoms with Crippen molar-refractivity contribution in [2.24, 2.45) is 5.92 Å². The predicted molar refractivity (Wildman–Crippen MR) is 106 cm³/mol. The Hall–Kier alpha value is -2.67. The van der Waals surface area contributed by atoms with Crippen LogP contribution in [-0.4, -0.2) is 44.9 Å². The Balaban J connectivity index is 1.57. The second-order valence-electron chi connectivity index (χ2n) is 7.72. The topological polar surface area (TPSA) is 96.3 Å². The molecule has 0 aliphatic heterocycles. The van der Waals surface area contributed by atoms with E-state index in [-0.39, 0.29) is 29.8 Å². The maximum atomic E-state index is 12.7. The quantitative estimate of drug-likeness (QED) is 0.706. The molecule has 150 valence electrons. The van der Waals surface area contributed by atoms with E-state index in [4.69, 9.17) is 0 Å². The number of amides is 2. The van der Waals surface area contributed by atoms with E-state index in [0.29, 0.717) is 31.4 Å². The Bertz CT molecular complexity index is 804. The van der Waals surface area contributed by atoms with Crippen molar-refractivity contribution in [1.29, 1.82) is 0 Å². The van der Waals surface area contributed by atoms with Gasteiger partial charge in [0.25, 0.3) is 5.91 Å². The third-order valence-electron chi connectivity index (χ3n) is 5.03. The summed E-state index contributed by atoms with van der Waals surface area (Å²) in [6.45, 7) is 4.42. The molecule has 1 aliphatic carbocycles. The summed E-state index contributed by atoms with van der Waals surface area (Å²) in [7, 11) is 0. The van der Waals surface area contributed by atoms with Gasteiger partial charge in [0, 0.05) is 29.9 Å². The van der Waals surface area contributed by atoms with Crippen LogP contribution in [0.5, 0.6) is 0 Å². The van der Waals surface area contributed by atoms with Crippen LogP contribution < -0.4 is 10.6 Å². The number of hydrogen-bond acceptors (Lipinski definition) is 4. The van der Waals surface area contributed by atoms with Crippen LogP contribution >= 0.6 is 0 Å². The summed E-state index contributed by atoms with van der Waals surface area (Å²) in [5.74, 6) is -0.440. The van der Waals surface area contributed by atoms with E-state index in [0.717, 1.165) is 5.56 Å². The number of nitrogens with zero attached hydrogens (tertiary/aromatic N) is 2. The van der Waals surface area contributed by atoms with Crippen molar-refractivity contribution in [1.82, 2.24) is 20.4 Å². The van der Waals surface area contributed by atoms with Crippen LogP contribution in [-0.2, 0) is 11.3 Å². The van der Waals surface area contributed by atoms with Crippen molar-refractivity contribution < 1.29 is 14.7 Å². The lowest BCUT2D eigenvalue weighted by molar-refractivity contribution is -0.128. The summed E-state index contributed by atoms with van der Waals surface area (Å²) in [6, 6.07) is 8.99. The van der Waals surface area contributed by atoms with Crippen LogP contribution in [0, 0.1) is 5.92 Å². The molecular weight excluding hydrogens is 356 g/mol. The first kappa shape index (κ1) is 20.1. The summed E-state index contributed by atoms with van der Waals surface area (Å²) in [6.07, 6.45) is 4.46. The molecule has 7 heteroatoms. The Morgan fingerprint density at radius 2 is 2.11 bits per heavy atom. The van der Waals surface area contributed by atoms with E-state index in [9.17, 15) is 14.7 Å². The van der Waals surface area contributed by atoms with Gasteiger partial charge in [-0.1, -0.05) is 12.1 Å². The molecule has 3 atom stereocenters. The first-order valence-corrected chi connectivity index (χ1v) is 9.78. The van der Waals surface area contributed by atoms with Crippen LogP contribution in [0.15, 0.2) is 42.7 Å². The molecule has 3 N–H and O–H groups in total. The van der Waals surface area contributed by atoms with E-state index < -0.39 is 6.10 Å². The molecule has 3 rings (SSSR count). The zero-order chi connectivity index (χ0) is 20.1. The van der Waals surface area contributed by atoms with Crippen molar-refractivity contribution in [2.75, 3.05) is 0 Å². The molecule has 28 heavy (non-hydrogen) atoms. The number of carbonyl (C=O) groups excluding carboxylic acids is 2. The lowest BCUT2D eigenvalue weighted by atomic mass is 9.83. The molecule has 2 amide bonds. The minimum atomic E-state index is -0.729. The van der Waals surface area contributed by atoms with Crippen LogP contribution in [0.2, 0.25) is 0 Å². The van der Waals surface area contributed by atoms with E-state index in [1.165, 1.54) is 0 Å². The first-order valence-electron chi connectivity index (χ1n) is 9.78. The van der Waals surface area contributed by atoms with Crippen molar-refractivity contribution in [3.63, 3.8) is 0 Å². The number of carbonyl (C=O) groups is 2. The highest BCUT2D eigenvalue weighted by atomic mass is 16.3. The van der Waals surface area contributed by atoms with E-state index in [2.05, 4.69) is 15.7 Å². The smallest absolute Gasteiger partial charge is 0.251 e. The van der Waals surface area contributed by atoms with Crippen LogP contribution in [0.3, 0.4) is 0 Å². The predicted octanol–water partition coefficient (Wildman–Crippen LogP) is 1.72. The molecule has 0 bridgehead atoms. The van der Waals surface area contributed by atoms with Gasteiger partial charge in [-0.3, -0.25) is 14.3 Å². The molecule has 1 heterocycles. The van der Waals surface area contributed by atoms with E-state index >= 15 is 0 Å². The van der Waals surface area contributed by atoms with Gasteiger partial charge in [0.05, 0.1) is 18.7 Å². The molecule has 1 fully saturated rings. The number of benzene rings is 1. The highest BCUT2D eigenvalue weighted by molar-refractivity contribution is 5.94. The lowest BCUT2D eigenvalue weighted by Gasteiger charge is -2.33. The SMILES string of the molecule is CC(C)NC(=O)[C@H]1CC[C@H](NC(=O)c2cccc(Cn3cccn3)c2)[C@@H](O)C1. The average molecular weight is 384 g/mol. The zero-order valence-corrected chi connectivity index (χ0v) is 16.3. The van der Waals surface area contributed by atoms with Crippen LogP contribution in [0.1, 0.15) is 49.0 Å². The largest absolute Gasteiger partial charge is 0.391 e. The van der Waals surface area contributed by atoms with Gasteiger partial charge in [-0.25, -0.2) is 0 Å². The molecule has 7 nitrogen and oxygen atoms in total. The van der Waals surface area contributed by atoms with Crippen LogP contribution in [0.4, 0.5) is 0 Å². The normalized spacial score (nSPS) is 22.1. The second kappa shape index (κ2) is 9.01. The summed E-state index contributed by atoms with van der Waals surface area (Å²) in [5, 5.41) is 20.4. The number of nitrogens with one attached hydrogen (secondary N) is 2. The van der Waals surface area contributed by atoms with Crippen molar-refractivity contribution in [2.45, 2.75) is 57.8 Å². The fraction of sp³-hybridized carbons (Fsp3) is 0.476. The molecule has 0 radical (unpaired) electrons. The van der Waals surface area contributed by atoms with Gasteiger partial charge in [0.2, 0.25) is 5.91 Å². The van der Waals surface area contributed by atoms with Gasteiger partial charge >= 0.3 is 0 Å². The molecule has 1 saturated carbocycles. The van der Waals surface area contributed by atoms with Gasteiger partial charge in [-0.15, -0.1) is 0 Å². The molecule has 0 spiro atoms. The highest BCUT2D eigenvalue weighted by Gasteiger charge is 2.33. The fourth-order valence-corrected chi connectivity index (χ4v) is 3.60. The number of rotatable bonds is 6. The molecule has 0 saturated heterocycles. The highest BCUT2D eigenvalue weighted by Crippen LogP contribution is 2.25. The molecule has 0 unspecified atom stereocenters. The minimum absolute atomic E-state index is 0.0230. The van der Waals surface area contributed by atoms with Crippen molar-refractivity contribution in [3.8, 4) is 0 Å². The maximum absolute atomic E-state index is 12.7. The summed E-state index contributed by atoms with van der Waals surface area (Å²) in [5.41, 5.74) is 1.53. The third-order valence-corrected chi connectivity index (χ3v) is 5.03. The summed E-state index contributed by atoms with van der Waals surface area (Å²) >= 11 is 0. The summed E-state index contributed by atoms with van der Waals surface area (Å²) in [4.78, 5) is 24.8. The second-order valence-corrected chi connectivity index (χ2v) is 7.72. The van der Waals surface area contributed by atoms with Crippen LogP contribution in [0.25, 0.3) is 0 Å². The Morgan fingerprint density at radius 3 is 2.79 bits per heavy atom. The van der Waals surface area contributed by atoms with Gasteiger partial charge in [0.1, 0.15) is 0 Å². The maximum Gasteiger partial charge on any atom is 0.251 e. The van der Waals surface area contributed by atoms with Crippen molar-refractivity contribution in [3.05, 3.63) is 53.9 Å². The molecule has 1 aliphatic rings. The first-order chi connectivity index (χ1) is 13.4. The third kappa shape index (κ3) is 5.19. The van der Waals surface area contributed by atoms with Crippen molar-refractivity contribution >= 4 is 11.8 Å². The standard InChI is InChI=1S/C21H28N4O3/c1-14(2)23-20(27)17-7-8-18(19(26)12-17)24-21(28)16-6-3-5-15(11-16)13-25-10-4-9-22-25/h3-6,9-11,14,17-19,26H,7-8,12-13H2,1-2H3,(H,23,27)(H,24,28)/t17-,18-,19-/m0/s1. The minimum Gasteiger partial charge on any atom is -0.391 e. The Morgan fingerprint density at radius 1 is 1.29 bits per heavy atom. The Labute approximate surface area is 165 Å². The van der Waals surface area contributed by atoms with Gasteiger partial charge in [-0.2, -0.15) is 5.10 Å². The molecule has 1 aromatic carbocycles. The number of aliphatic hydroxyl groups excluding tert-OH is 1. The molecule has 2 aromatic rings. The molecular formula is C21H28N4O3. The fourth-order valence-electron chi connectivity index (χ4n) is 3.60. The average Bonchev–Trinajstić information content (AvgIpc) is 3.16. The van der Waals surface area contributed by atoms with E-state index in [1.807, 2.05) is 44.3 Å². The van der Waals surface area contributed by atoms with E-state index in [1.54, 1.807) is 16.9 Å². The lowest BCUT2D eigenvalue weighted by Crippen LogP contribution is -2.49.